The van der Waals surface area contributed by atoms with Gasteiger partial charge in [-0.1, -0.05) is 11.6 Å². The van der Waals surface area contributed by atoms with E-state index in [-0.39, 0.29) is 6.61 Å². The van der Waals surface area contributed by atoms with E-state index in [1.54, 1.807) is 7.11 Å². The smallest absolute Gasteiger partial charge is 0.151 e. The van der Waals surface area contributed by atoms with Crippen LogP contribution in [0, 0.1) is 0 Å². The van der Waals surface area contributed by atoms with Crippen LogP contribution in [0.1, 0.15) is 24.5 Å². The van der Waals surface area contributed by atoms with Gasteiger partial charge in [0.25, 0.3) is 0 Å². The number of aromatic nitrogens is 2. The van der Waals surface area contributed by atoms with Crippen molar-refractivity contribution in [3.05, 3.63) is 29.0 Å². The van der Waals surface area contributed by atoms with Gasteiger partial charge < -0.3 is 14.7 Å². The molecule has 1 aliphatic rings. The molecule has 0 aliphatic carbocycles. The molecular weight excluding hydrogens is 302 g/mol. The van der Waals surface area contributed by atoms with Gasteiger partial charge in [0.2, 0.25) is 0 Å². The molecule has 6 heteroatoms. The Kier molecular flexibility index (Phi) is 4.76. The zero-order chi connectivity index (χ0) is 15.5. The lowest BCUT2D eigenvalue weighted by molar-refractivity contribution is 0.163. The van der Waals surface area contributed by atoms with Gasteiger partial charge in [-0.2, -0.15) is 0 Å². The number of nitrogens with zero attached hydrogens (tertiary/aromatic N) is 3. The highest BCUT2D eigenvalue weighted by Gasteiger charge is 2.24. The number of ether oxygens (including phenoxy) is 1. The van der Waals surface area contributed by atoms with E-state index >= 15 is 0 Å². The van der Waals surface area contributed by atoms with E-state index < -0.39 is 0 Å². The minimum absolute atomic E-state index is 0.211. The summed E-state index contributed by atoms with van der Waals surface area (Å²) in [5, 5.41) is 9.50. The first-order valence-electron chi connectivity index (χ1n) is 7.55. The van der Waals surface area contributed by atoms with Crippen LogP contribution in [-0.4, -0.2) is 53.3 Å². The summed E-state index contributed by atoms with van der Waals surface area (Å²) in [5.41, 5.74) is 2.49. The van der Waals surface area contributed by atoms with Crippen LogP contribution in [0.25, 0.3) is 11.0 Å². The van der Waals surface area contributed by atoms with Crippen LogP contribution in [0.4, 0.5) is 0 Å². The van der Waals surface area contributed by atoms with Crippen LogP contribution >= 0.6 is 11.6 Å². The topological polar surface area (TPSA) is 58.5 Å². The van der Waals surface area contributed by atoms with Crippen LogP contribution in [-0.2, 0) is 0 Å². The summed E-state index contributed by atoms with van der Waals surface area (Å²) in [4.78, 5) is 11.5. The van der Waals surface area contributed by atoms with E-state index in [1.165, 1.54) is 0 Å². The van der Waals surface area contributed by atoms with Crippen LogP contribution < -0.4 is 4.74 Å². The number of aliphatic hydroxyl groups is 1. The van der Waals surface area contributed by atoms with Crippen molar-refractivity contribution in [2.75, 3.05) is 33.4 Å². The molecule has 0 radical (unpaired) electrons. The Labute approximate surface area is 134 Å². The Balaban J connectivity index is 1.84. The fraction of sp³-hybridized carbons (Fsp3) is 0.500. The molecule has 0 bridgehead atoms. The molecule has 118 valence electrons. The zero-order valence-electron chi connectivity index (χ0n) is 12.6. The highest BCUT2D eigenvalue weighted by atomic mass is 35.5. The van der Waals surface area contributed by atoms with E-state index in [2.05, 4.69) is 9.88 Å². The molecule has 0 unspecified atom stereocenters. The predicted molar refractivity (Wildman–Crippen MR) is 86.6 cm³/mol. The molecule has 2 heterocycles. The number of halogens is 1. The first-order chi connectivity index (χ1) is 10.7. The number of fused-ring (bicyclic) bond motifs is 1. The molecule has 3 rings (SSSR count). The lowest BCUT2D eigenvalue weighted by Gasteiger charge is -2.31. The third-order valence-electron chi connectivity index (χ3n) is 4.24. The molecule has 0 spiro atoms. The van der Waals surface area contributed by atoms with Crippen molar-refractivity contribution in [3.8, 4) is 5.75 Å². The number of hydrogen-bond acceptors (Lipinski definition) is 5. The van der Waals surface area contributed by atoms with Gasteiger partial charge in [-0.15, -0.1) is 0 Å². The molecule has 22 heavy (non-hydrogen) atoms. The third kappa shape index (κ3) is 3.16. The fourth-order valence-corrected chi connectivity index (χ4v) is 3.27. The van der Waals surface area contributed by atoms with E-state index in [0.29, 0.717) is 11.1 Å². The maximum absolute atomic E-state index is 9.01. The number of rotatable bonds is 4. The first-order valence-corrected chi connectivity index (χ1v) is 7.93. The Morgan fingerprint density at radius 2 is 2.05 bits per heavy atom. The summed E-state index contributed by atoms with van der Waals surface area (Å²) < 4.78 is 5.21. The molecule has 2 aromatic rings. The average Bonchev–Trinajstić information content (AvgIpc) is 2.55. The van der Waals surface area contributed by atoms with Crippen molar-refractivity contribution in [1.29, 1.82) is 0 Å². The lowest BCUT2D eigenvalue weighted by Crippen LogP contribution is -2.35. The first kappa shape index (κ1) is 15.5. The van der Waals surface area contributed by atoms with Gasteiger partial charge >= 0.3 is 0 Å². The van der Waals surface area contributed by atoms with Gasteiger partial charge in [-0.25, -0.2) is 9.97 Å². The van der Waals surface area contributed by atoms with Crippen molar-refractivity contribution < 1.29 is 9.84 Å². The number of likely N-dealkylation sites (tertiary alicyclic amines) is 1. The Morgan fingerprint density at radius 3 is 2.73 bits per heavy atom. The number of hydrogen-bond donors (Lipinski definition) is 1. The zero-order valence-corrected chi connectivity index (χ0v) is 13.4. The van der Waals surface area contributed by atoms with Gasteiger partial charge in [0.15, 0.2) is 5.15 Å². The second kappa shape index (κ2) is 6.77. The van der Waals surface area contributed by atoms with Gasteiger partial charge in [0, 0.05) is 18.5 Å². The molecule has 0 saturated carbocycles. The molecule has 1 fully saturated rings. The second-order valence-corrected chi connectivity index (χ2v) is 5.95. The highest BCUT2D eigenvalue weighted by Crippen LogP contribution is 2.32. The van der Waals surface area contributed by atoms with Gasteiger partial charge in [-0.05, 0) is 38.1 Å². The molecule has 5 nitrogen and oxygen atoms in total. The van der Waals surface area contributed by atoms with E-state index in [9.17, 15) is 0 Å². The van der Waals surface area contributed by atoms with Crippen LogP contribution in [0.2, 0.25) is 5.15 Å². The minimum Gasteiger partial charge on any atom is -0.497 e. The monoisotopic (exact) mass is 321 g/mol. The fourth-order valence-electron chi connectivity index (χ4n) is 2.98. The molecule has 0 atom stereocenters. The Morgan fingerprint density at radius 1 is 1.27 bits per heavy atom. The van der Waals surface area contributed by atoms with Crippen LogP contribution in [0.5, 0.6) is 5.75 Å². The van der Waals surface area contributed by atoms with E-state index in [4.69, 9.17) is 26.4 Å². The van der Waals surface area contributed by atoms with Gasteiger partial charge in [-0.3, -0.25) is 0 Å². The summed E-state index contributed by atoms with van der Waals surface area (Å²) in [5.74, 6) is 1.09. The van der Waals surface area contributed by atoms with Crippen LogP contribution in [0.3, 0.4) is 0 Å². The number of aliphatic hydroxyl groups excluding tert-OH is 1. The standard InChI is InChI=1S/C16H20ClN3O2/c1-22-12-2-3-13-14(10-12)19-16(17)15(18-13)11-4-6-20(7-5-11)8-9-21/h2-3,10-11,21H,4-9H2,1H3. The minimum atomic E-state index is 0.211. The molecule has 1 saturated heterocycles. The van der Waals surface area contributed by atoms with Gasteiger partial charge in [0.1, 0.15) is 5.75 Å². The number of methoxy groups -OCH3 is 1. The quantitative estimate of drug-likeness (QED) is 0.937. The maximum atomic E-state index is 9.01. The largest absolute Gasteiger partial charge is 0.497 e. The van der Waals surface area contributed by atoms with Crippen molar-refractivity contribution in [2.45, 2.75) is 18.8 Å². The van der Waals surface area contributed by atoms with Crippen LogP contribution in [0.15, 0.2) is 18.2 Å². The van der Waals surface area contributed by atoms with E-state index in [0.717, 1.165) is 55.0 Å². The summed E-state index contributed by atoms with van der Waals surface area (Å²) in [7, 11) is 1.63. The van der Waals surface area contributed by atoms with Gasteiger partial charge in [0.05, 0.1) is 30.4 Å². The lowest BCUT2D eigenvalue weighted by atomic mass is 9.93. The third-order valence-corrected chi connectivity index (χ3v) is 4.52. The molecular formula is C16H20ClN3O2. The number of piperidine rings is 1. The maximum Gasteiger partial charge on any atom is 0.151 e. The highest BCUT2D eigenvalue weighted by molar-refractivity contribution is 6.30. The summed E-state index contributed by atoms with van der Waals surface area (Å²) in [6, 6.07) is 5.66. The average molecular weight is 322 g/mol. The summed E-state index contributed by atoms with van der Waals surface area (Å²) in [6.45, 7) is 2.88. The molecule has 1 aromatic heterocycles. The number of β-amino-alcohol motifs (C(OH)–C–C–N with tert-alkyl or cyclic N) is 1. The normalized spacial score (nSPS) is 17.0. The summed E-state index contributed by atoms with van der Waals surface area (Å²) in [6.07, 6.45) is 1.99. The second-order valence-electron chi connectivity index (χ2n) is 5.59. The van der Waals surface area contributed by atoms with Crippen molar-refractivity contribution in [3.63, 3.8) is 0 Å². The van der Waals surface area contributed by atoms with Crippen molar-refractivity contribution >= 4 is 22.6 Å². The van der Waals surface area contributed by atoms with Crippen molar-refractivity contribution in [2.24, 2.45) is 0 Å². The molecule has 1 N–H and O–H groups in total. The number of benzene rings is 1. The summed E-state index contributed by atoms with van der Waals surface area (Å²) >= 11 is 6.36. The van der Waals surface area contributed by atoms with Crippen molar-refractivity contribution in [1.82, 2.24) is 14.9 Å². The van der Waals surface area contributed by atoms with E-state index in [1.807, 2.05) is 18.2 Å². The SMILES string of the molecule is COc1ccc2nc(C3CCN(CCO)CC3)c(Cl)nc2c1. The molecule has 1 aliphatic heterocycles. The Hall–Kier alpha value is -1.43. The molecule has 1 aromatic carbocycles. The predicted octanol–water partition coefficient (Wildman–Crippen LogP) is 2.46. The Bertz CT molecular complexity index is 657. The molecule has 0 amide bonds.